The van der Waals surface area contributed by atoms with Gasteiger partial charge in [-0.25, -0.2) is 0 Å². The van der Waals surface area contributed by atoms with Crippen molar-refractivity contribution in [3.05, 3.63) is 46.6 Å². The molecule has 11 nitrogen and oxygen atoms in total. The Hall–Kier alpha value is -3.88. The van der Waals surface area contributed by atoms with Gasteiger partial charge in [0.05, 0.1) is 35.5 Å². The van der Waals surface area contributed by atoms with Crippen LogP contribution in [0.1, 0.15) is 49.0 Å². The number of aryl methyl sites for hydroxylation is 1. The number of rotatable bonds is 4. The number of piperazine rings is 1. The highest BCUT2D eigenvalue weighted by atomic mass is 35.5. The maximum Gasteiger partial charge on any atom is 0.321 e. The van der Waals surface area contributed by atoms with Crippen LogP contribution >= 0.6 is 11.6 Å². The van der Waals surface area contributed by atoms with Crippen LogP contribution in [0.5, 0.6) is 11.9 Å². The molecule has 2 aromatic heterocycles. The highest BCUT2D eigenvalue weighted by Gasteiger charge is 2.32. The van der Waals surface area contributed by atoms with E-state index in [0.717, 1.165) is 46.3 Å². The normalized spacial score (nSPS) is 18.0. The van der Waals surface area contributed by atoms with Gasteiger partial charge in [0.2, 0.25) is 11.8 Å². The summed E-state index contributed by atoms with van der Waals surface area (Å²) < 4.78 is 11.8. The van der Waals surface area contributed by atoms with Crippen LogP contribution in [0.4, 0.5) is 5.82 Å². The summed E-state index contributed by atoms with van der Waals surface area (Å²) in [4.78, 5) is 27.4. The number of aromatic amines is 1. The molecule has 0 aliphatic carbocycles. The van der Waals surface area contributed by atoms with Crippen molar-refractivity contribution >= 4 is 34.2 Å². The molecule has 0 bridgehead atoms. The van der Waals surface area contributed by atoms with Crippen molar-refractivity contribution in [2.75, 3.05) is 58.3 Å². The first-order chi connectivity index (χ1) is 20.3. The maximum absolute atomic E-state index is 11.9. The Labute approximate surface area is 252 Å². The molecular formula is C30H39ClN8O3. The number of carbonyl (C=O) groups excluding carboxylic acids is 1. The van der Waals surface area contributed by atoms with Gasteiger partial charge in [0.1, 0.15) is 11.9 Å². The van der Waals surface area contributed by atoms with Crippen LogP contribution in [0.3, 0.4) is 0 Å². The number of nitriles is 1. The van der Waals surface area contributed by atoms with E-state index in [1.807, 2.05) is 13.0 Å². The first kappa shape index (κ1) is 31.1. The number of nitrogens with one attached hydrogen (secondary N) is 1. The van der Waals surface area contributed by atoms with E-state index in [1.165, 1.54) is 38.9 Å². The fraction of sp³-hybridized carbons (Fsp3) is 0.500. The second-order valence-corrected chi connectivity index (χ2v) is 10.8. The van der Waals surface area contributed by atoms with Crippen LogP contribution in [-0.2, 0) is 11.2 Å². The zero-order chi connectivity index (χ0) is 30.2. The topological polar surface area (TPSA) is 123 Å². The van der Waals surface area contributed by atoms with E-state index in [2.05, 4.69) is 43.6 Å². The summed E-state index contributed by atoms with van der Waals surface area (Å²) in [5.41, 5.74) is 3.75. The van der Waals surface area contributed by atoms with Crippen LogP contribution in [0, 0.1) is 18.3 Å². The Bertz CT molecular complexity index is 1440. The van der Waals surface area contributed by atoms with Crippen molar-refractivity contribution in [3.63, 3.8) is 0 Å². The second-order valence-electron chi connectivity index (χ2n) is 10.5. The average Bonchev–Trinajstić information content (AvgIpc) is 3.68. The van der Waals surface area contributed by atoms with Crippen molar-refractivity contribution in [3.8, 4) is 18.0 Å². The number of aromatic nitrogens is 4. The number of H-pyrrole nitrogens is 1. The minimum absolute atomic E-state index is 0.0521. The molecule has 5 heterocycles. The molecule has 3 aliphatic heterocycles. The van der Waals surface area contributed by atoms with Crippen molar-refractivity contribution in [2.24, 2.45) is 0 Å². The first-order valence-corrected chi connectivity index (χ1v) is 14.6. The molecule has 3 aliphatic rings. The predicted octanol–water partition coefficient (Wildman–Crippen LogP) is 4.47. The molecule has 0 radical (unpaired) electrons. The maximum atomic E-state index is 11.9. The Kier molecular flexibility index (Phi) is 10.6. The lowest BCUT2D eigenvalue weighted by Gasteiger charge is -2.37. The minimum atomic E-state index is -0.264. The number of amides is 1. The number of methoxy groups -OCH3 is 1. The lowest BCUT2D eigenvalue weighted by Crippen LogP contribution is -2.49. The number of ether oxygens (including phenoxy) is 2. The van der Waals surface area contributed by atoms with Crippen molar-refractivity contribution in [2.45, 2.75) is 45.6 Å². The van der Waals surface area contributed by atoms with Crippen LogP contribution in [0.15, 0.2) is 24.9 Å². The number of halogens is 1. The Morgan fingerprint density at radius 2 is 1.93 bits per heavy atom. The zero-order valence-corrected chi connectivity index (χ0v) is 25.6. The smallest absolute Gasteiger partial charge is 0.321 e. The lowest BCUT2D eigenvalue weighted by atomic mass is 9.95. The molecule has 1 aromatic carbocycles. The van der Waals surface area contributed by atoms with E-state index in [-0.39, 0.29) is 18.0 Å². The van der Waals surface area contributed by atoms with Gasteiger partial charge in [-0.15, -0.1) is 0 Å². The molecular weight excluding hydrogens is 556 g/mol. The molecule has 2 fully saturated rings. The fourth-order valence-corrected chi connectivity index (χ4v) is 5.74. The third-order valence-electron chi connectivity index (χ3n) is 7.64. The van der Waals surface area contributed by atoms with Gasteiger partial charge in [-0.3, -0.25) is 9.89 Å². The summed E-state index contributed by atoms with van der Waals surface area (Å²) in [6, 6.07) is 3.99. The summed E-state index contributed by atoms with van der Waals surface area (Å²) in [5, 5.41) is 16.2. The highest BCUT2D eigenvalue weighted by Crippen LogP contribution is 2.43. The van der Waals surface area contributed by atoms with Crippen molar-refractivity contribution < 1.29 is 14.3 Å². The number of anilines is 1. The van der Waals surface area contributed by atoms with E-state index in [1.54, 1.807) is 24.3 Å². The van der Waals surface area contributed by atoms with Gasteiger partial charge in [-0.05, 0) is 70.5 Å². The molecule has 6 rings (SSSR count). The summed E-state index contributed by atoms with van der Waals surface area (Å²) in [6.45, 7) is 12.2. The van der Waals surface area contributed by atoms with Gasteiger partial charge in [0.15, 0.2) is 0 Å². The summed E-state index contributed by atoms with van der Waals surface area (Å²) in [5.74, 6) is 1.25. The van der Waals surface area contributed by atoms with Crippen molar-refractivity contribution in [1.82, 2.24) is 30.0 Å². The quantitative estimate of drug-likeness (QED) is 0.436. The molecule has 12 heteroatoms. The predicted molar refractivity (Wildman–Crippen MR) is 163 cm³/mol. The second kappa shape index (κ2) is 14.3. The molecule has 224 valence electrons. The number of benzene rings is 1. The summed E-state index contributed by atoms with van der Waals surface area (Å²) in [7, 11) is 3.71. The summed E-state index contributed by atoms with van der Waals surface area (Å²) >= 11 is 6.73. The van der Waals surface area contributed by atoms with Gasteiger partial charge in [-0.2, -0.15) is 20.3 Å². The van der Waals surface area contributed by atoms with Crippen molar-refractivity contribution in [1.29, 1.82) is 5.26 Å². The fourth-order valence-electron chi connectivity index (χ4n) is 5.46. The molecule has 42 heavy (non-hydrogen) atoms. The van der Waals surface area contributed by atoms with E-state index in [0.29, 0.717) is 37.1 Å². The zero-order valence-electron chi connectivity index (χ0n) is 24.8. The van der Waals surface area contributed by atoms with Gasteiger partial charge in [-0.1, -0.05) is 18.2 Å². The van der Waals surface area contributed by atoms with Crippen LogP contribution in [0.2, 0.25) is 5.02 Å². The molecule has 0 saturated carbocycles. The first-order valence-electron chi connectivity index (χ1n) is 14.2. The molecule has 1 atom stereocenters. The van der Waals surface area contributed by atoms with E-state index < -0.39 is 0 Å². The van der Waals surface area contributed by atoms with Gasteiger partial charge >= 0.3 is 6.01 Å². The van der Waals surface area contributed by atoms with Gasteiger partial charge in [0, 0.05) is 44.1 Å². The monoisotopic (exact) mass is 594 g/mol. The molecule has 2 saturated heterocycles. The third-order valence-corrected chi connectivity index (χ3v) is 8.14. The van der Waals surface area contributed by atoms with E-state index in [9.17, 15) is 4.79 Å². The number of nitrogens with zero attached hydrogens (tertiary/aromatic N) is 7. The standard InChI is InChI=1S/C23H25ClN6O3.C5H11N.C2H3N/c1-4-18(31)29-7-9-30(10-8-29)21-14-5-6-17(33-22(14)27-23(26-21)32-3)19-15-12-25-28-16(15)11-13(2)20(19)24;1-6-4-2-3-5-6;1-2-3/h4,11-12,17H,1,5-10H2,2-3H3,(H,25,28);2-5H2,1H3;1H3. The molecule has 1 unspecified atom stereocenters. The van der Waals surface area contributed by atoms with E-state index in [4.69, 9.17) is 26.3 Å². The van der Waals surface area contributed by atoms with Crippen LogP contribution < -0.4 is 14.4 Å². The SMILES string of the molecule is C=CC(=O)N1CCN(c2nc(OC)nc3c2CCC(c2c(Cl)c(C)cc4[nH]ncc24)O3)CC1.CC#N.CN1CCCC1. The Morgan fingerprint density at radius 1 is 1.24 bits per heavy atom. The minimum Gasteiger partial charge on any atom is -0.469 e. The summed E-state index contributed by atoms with van der Waals surface area (Å²) in [6.07, 6.45) is 7.16. The number of hydrogen-bond acceptors (Lipinski definition) is 9. The Balaban J connectivity index is 0.000000390. The number of hydrogen-bond donors (Lipinski definition) is 1. The number of fused-ring (bicyclic) bond motifs is 2. The average molecular weight is 595 g/mol. The Morgan fingerprint density at radius 3 is 2.52 bits per heavy atom. The number of likely N-dealkylation sites (tertiary alicyclic amines) is 1. The highest BCUT2D eigenvalue weighted by molar-refractivity contribution is 6.33. The lowest BCUT2D eigenvalue weighted by molar-refractivity contribution is -0.126. The molecule has 3 aromatic rings. The largest absolute Gasteiger partial charge is 0.469 e. The van der Waals surface area contributed by atoms with Crippen LogP contribution in [-0.4, -0.2) is 89.3 Å². The number of carbonyl (C=O) groups is 1. The van der Waals surface area contributed by atoms with Gasteiger partial charge < -0.3 is 24.2 Å². The third kappa shape index (κ3) is 6.94. The molecule has 1 amide bonds. The molecule has 1 N–H and O–H groups in total. The molecule has 0 spiro atoms. The van der Waals surface area contributed by atoms with E-state index >= 15 is 0 Å². The van der Waals surface area contributed by atoms with Crippen LogP contribution in [0.25, 0.3) is 10.9 Å². The van der Waals surface area contributed by atoms with Gasteiger partial charge in [0.25, 0.3) is 0 Å².